The van der Waals surface area contributed by atoms with Crippen LogP contribution in [0.4, 0.5) is 5.69 Å². The standard InChI is InChI=1S/C28H27NO7S/c1-34-25-16-22(19-10-7-11-21(14-19)29-37(3,32)33)28(35-2)27(31)26(25)20-12-13-24(23(30)15-20)36-17-18-8-5-4-6-9-18/h4-16,29-31H,17H2,1-3H3. The van der Waals surface area contributed by atoms with Crippen LogP contribution in [0, 0.1) is 0 Å². The molecule has 8 nitrogen and oxygen atoms in total. The smallest absolute Gasteiger partial charge is 0.229 e. The Morgan fingerprint density at radius 2 is 1.57 bits per heavy atom. The van der Waals surface area contributed by atoms with E-state index in [1.54, 1.807) is 42.5 Å². The molecular formula is C28H27NO7S. The lowest BCUT2D eigenvalue weighted by molar-refractivity contribution is 0.289. The number of methoxy groups -OCH3 is 2. The van der Waals surface area contributed by atoms with Gasteiger partial charge in [-0.3, -0.25) is 4.72 Å². The van der Waals surface area contributed by atoms with Crippen molar-refractivity contribution in [3.8, 4) is 51.0 Å². The van der Waals surface area contributed by atoms with Gasteiger partial charge in [0.05, 0.1) is 26.0 Å². The molecule has 0 atom stereocenters. The summed E-state index contributed by atoms with van der Waals surface area (Å²) in [5, 5.41) is 21.9. The largest absolute Gasteiger partial charge is 0.504 e. The van der Waals surface area contributed by atoms with Crippen LogP contribution in [0.25, 0.3) is 22.3 Å². The van der Waals surface area contributed by atoms with Gasteiger partial charge in [0, 0.05) is 11.3 Å². The van der Waals surface area contributed by atoms with Crippen molar-refractivity contribution >= 4 is 15.7 Å². The van der Waals surface area contributed by atoms with Crippen molar-refractivity contribution < 1.29 is 32.8 Å². The van der Waals surface area contributed by atoms with Crippen LogP contribution in [0.3, 0.4) is 0 Å². The molecule has 0 saturated carbocycles. The van der Waals surface area contributed by atoms with E-state index in [0.29, 0.717) is 39.4 Å². The van der Waals surface area contributed by atoms with Gasteiger partial charge in [-0.2, -0.15) is 0 Å². The van der Waals surface area contributed by atoms with Crippen LogP contribution in [0.1, 0.15) is 5.56 Å². The van der Waals surface area contributed by atoms with Gasteiger partial charge in [-0.05, 0) is 47.0 Å². The number of nitrogens with one attached hydrogen (secondary N) is 1. The van der Waals surface area contributed by atoms with Crippen LogP contribution < -0.4 is 18.9 Å². The van der Waals surface area contributed by atoms with Gasteiger partial charge in [0.15, 0.2) is 23.0 Å². The number of rotatable bonds is 9. The third-order valence-electron chi connectivity index (χ3n) is 5.60. The molecule has 4 rings (SSSR count). The molecular weight excluding hydrogens is 494 g/mol. The first-order valence-corrected chi connectivity index (χ1v) is 13.2. The van der Waals surface area contributed by atoms with E-state index in [9.17, 15) is 18.6 Å². The Labute approximate surface area is 215 Å². The van der Waals surface area contributed by atoms with Crippen LogP contribution in [-0.2, 0) is 16.6 Å². The maximum absolute atomic E-state index is 11.7. The van der Waals surface area contributed by atoms with Crippen LogP contribution in [0.5, 0.6) is 28.7 Å². The first-order valence-electron chi connectivity index (χ1n) is 11.3. The van der Waals surface area contributed by atoms with Crippen molar-refractivity contribution in [3.63, 3.8) is 0 Å². The first-order chi connectivity index (χ1) is 17.7. The summed E-state index contributed by atoms with van der Waals surface area (Å²) in [4.78, 5) is 0. The Hall–Kier alpha value is -4.37. The molecule has 192 valence electrons. The minimum Gasteiger partial charge on any atom is -0.504 e. The predicted octanol–water partition coefficient (Wildman–Crippen LogP) is 5.40. The normalized spacial score (nSPS) is 11.1. The molecule has 0 spiro atoms. The summed E-state index contributed by atoms with van der Waals surface area (Å²) < 4.78 is 42.7. The van der Waals surface area contributed by atoms with Gasteiger partial charge >= 0.3 is 0 Å². The highest BCUT2D eigenvalue weighted by Crippen LogP contribution is 2.50. The van der Waals surface area contributed by atoms with Crippen molar-refractivity contribution in [1.29, 1.82) is 0 Å². The number of hydrogen-bond acceptors (Lipinski definition) is 7. The first kappa shape index (κ1) is 25.7. The average Bonchev–Trinajstić information content (AvgIpc) is 2.87. The molecule has 0 aromatic heterocycles. The fraction of sp³-hybridized carbons (Fsp3) is 0.143. The van der Waals surface area contributed by atoms with Crippen molar-refractivity contribution in [3.05, 3.63) is 84.4 Å². The molecule has 0 aliphatic carbocycles. The zero-order valence-corrected chi connectivity index (χ0v) is 21.4. The highest BCUT2D eigenvalue weighted by Gasteiger charge is 2.23. The molecule has 4 aromatic carbocycles. The summed E-state index contributed by atoms with van der Waals surface area (Å²) in [7, 11) is -0.585. The van der Waals surface area contributed by atoms with E-state index in [1.807, 2.05) is 30.3 Å². The van der Waals surface area contributed by atoms with Crippen molar-refractivity contribution in [2.75, 3.05) is 25.2 Å². The van der Waals surface area contributed by atoms with Gasteiger partial charge in [0.1, 0.15) is 12.4 Å². The lowest BCUT2D eigenvalue weighted by atomic mass is 9.96. The fourth-order valence-corrected chi connectivity index (χ4v) is 4.54. The van der Waals surface area contributed by atoms with Crippen molar-refractivity contribution in [1.82, 2.24) is 0 Å². The summed E-state index contributed by atoms with van der Waals surface area (Å²) in [5.41, 5.74) is 3.21. The third kappa shape index (κ3) is 5.90. The average molecular weight is 522 g/mol. The molecule has 4 aromatic rings. The van der Waals surface area contributed by atoms with E-state index in [0.717, 1.165) is 11.8 Å². The van der Waals surface area contributed by atoms with Crippen molar-refractivity contribution in [2.24, 2.45) is 0 Å². The molecule has 37 heavy (non-hydrogen) atoms. The van der Waals surface area contributed by atoms with Crippen LogP contribution >= 0.6 is 0 Å². The topological polar surface area (TPSA) is 114 Å². The number of aromatic hydroxyl groups is 2. The van der Waals surface area contributed by atoms with Crippen LogP contribution in [0.15, 0.2) is 78.9 Å². The second-order valence-corrected chi connectivity index (χ2v) is 10.0. The van der Waals surface area contributed by atoms with Crippen LogP contribution in [-0.4, -0.2) is 39.1 Å². The second kappa shape index (κ2) is 10.7. The molecule has 0 bridgehead atoms. The maximum Gasteiger partial charge on any atom is 0.229 e. The molecule has 0 amide bonds. The molecule has 0 fully saturated rings. The predicted molar refractivity (Wildman–Crippen MR) is 143 cm³/mol. The molecule has 0 radical (unpaired) electrons. The number of phenolic OH excluding ortho intramolecular Hbond substituents is 2. The summed E-state index contributed by atoms with van der Waals surface area (Å²) >= 11 is 0. The monoisotopic (exact) mass is 521 g/mol. The van der Waals surface area contributed by atoms with Gasteiger partial charge in [-0.25, -0.2) is 8.42 Å². The van der Waals surface area contributed by atoms with Gasteiger partial charge in [0.2, 0.25) is 10.0 Å². The number of sulfonamides is 1. The summed E-state index contributed by atoms with van der Waals surface area (Å²) in [6, 6.07) is 22.8. The maximum atomic E-state index is 11.7. The lowest BCUT2D eigenvalue weighted by Gasteiger charge is -2.19. The minimum atomic E-state index is -3.47. The van der Waals surface area contributed by atoms with Crippen LogP contribution in [0.2, 0.25) is 0 Å². The van der Waals surface area contributed by atoms with E-state index in [-0.39, 0.29) is 23.9 Å². The zero-order chi connectivity index (χ0) is 26.6. The fourth-order valence-electron chi connectivity index (χ4n) is 3.98. The lowest BCUT2D eigenvalue weighted by Crippen LogP contribution is -2.09. The Balaban J connectivity index is 1.73. The van der Waals surface area contributed by atoms with E-state index >= 15 is 0 Å². The van der Waals surface area contributed by atoms with E-state index in [1.165, 1.54) is 20.3 Å². The minimum absolute atomic E-state index is 0.0996. The quantitative estimate of drug-likeness (QED) is 0.270. The van der Waals surface area contributed by atoms with E-state index in [4.69, 9.17) is 14.2 Å². The summed E-state index contributed by atoms with van der Waals surface area (Å²) in [6.07, 6.45) is 1.07. The number of benzene rings is 4. The van der Waals surface area contributed by atoms with Gasteiger partial charge in [0.25, 0.3) is 0 Å². The molecule has 0 unspecified atom stereocenters. The molecule has 0 saturated heterocycles. The summed E-state index contributed by atoms with van der Waals surface area (Å²) in [6.45, 7) is 0.290. The van der Waals surface area contributed by atoms with Gasteiger partial charge < -0.3 is 24.4 Å². The molecule has 0 aliphatic rings. The van der Waals surface area contributed by atoms with Gasteiger partial charge in [-0.15, -0.1) is 0 Å². The Kier molecular flexibility index (Phi) is 7.45. The second-order valence-electron chi connectivity index (χ2n) is 8.30. The van der Waals surface area contributed by atoms with E-state index < -0.39 is 10.0 Å². The third-order valence-corrected chi connectivity index (χ3v) is 6.21. The summed E-state index contributed by atoms with van der Waals surface area (Å²) in [5.74, 6) is 0.487. The SMILES string of the molecule is COc1cc(-c2cccc(NS(C)(=O)=O)c2)c(OC)c(O)c1-c1ccc(OCc2ccccc2)c(O)c1. The number of anilines is 1. The number of phenols is 2. The van der Waals surface area contributed by atoms with E-state index in [2.05, 4.69) is 4.72 Å². The number of ether oxygens (including phenoxy) is 3. The van der Waals surface area contributed by atoms with Crippen molar-refractivity contribution in [2.45, 2.75) is 6.61 Å². The molecule has 0 heterocycles. The number of hydrogen-bond donors (Lipinski definition) is 3. The highest BCUT2D eigenvalue weighted by molar-refractivity contribution is 7.92. The molecule has 9 heteroatoms. The Morgan fingerprint density at radius 1 is 0.811 bits per heavy atom. The highest BCUT2D eigenvalue weighted by atomic mass is 32.2. The Morgan fingerprint density at radius 3 is 2.22 bits per heavy atom. The van der Waals surface area contributed by atoms with Gasteiger partial charge in [-0.1, -0.05) is 48.5 Å². The Bertz CT molecular complexity index is 1520. The molecule has 3 N–H and O–H groups in total. The molecule has 0 aliphatic heterocycles. The zero-order valence-electron chi connectivity index (χ0n) is 20.6.